The van der Waals surface area contributed by atoms with Gasteiger partial charge >= 0.3 is 6.85 Å². The van der Waals surface area contributed by atoms with Gasteiger partial charge in [0.25, 0.3) is 0 Å². The van der Waals surface area contributed by atoms with Crippen molar-refractivity contribution in [1.82, 2.24) is 4.48 Å². The van der Waals surface area contributed by atoms with E-state index in [1.165, 1.54) is 71.6 Å². The zero-order valence-corrected chi connectivity index (χ0v) is 25.2. The minimum atomic E-state index is -0.00424. The van der Waals surface area contributed by atoms with Gasteiger partial charge in [-0.3, -0.25) is 0 Å². The monoisotopic (exact) mass is 583 g/mol. The number of anilines is 3. The maximum Gasteiger partial charge on any atom is 0.333 e. The molecule has 3 nitrogen and oxygen atoms in total. The fraction of sp³-hybridized carbons (Fsp3) is 0.0238. The van der Waals surface area contributed by atoms with Crippen LogP contribution in [-0.4, -0.2) is 11.3 Å². The van der Waals surface area contributed by atoms with E-state index in [1.807, 2.05) is 18.2 Å². The second kappa shape index (κ2) is 9.23. The third kappa shape index (κ3) is 3.22. The number of rotatable bonds is 2. The molecule has 0 unspecified atom stereocenters. The van der Waals surface area contributed by atoms with E-state index in [-0.39, 0.29) is 6.85 Å². The largest absolute Gasteiger partial charge is 0.375 e. The lowest BCUT2D eigenvalue weighted by Crippen LogP contribution is -2.56. The Morgan fingerprint density at radius 3 is 2.33 bits per heavy atom. The number of nitrogens with zero attached hydrogens (tertiary/aromatic N) is 3. The molecule has 4 heteroatoms. The van der Waals surface area contributed by atoms with Crippen LogP contribution in [0.3, 0.4) is 0 Å². The first-order valence-electron chi connectivity index (χ1n) is 15.8. The predicted octanol–water partition coefficient (Wildman–Crippen LogP) is 9.21. The minimum Gasteiger partial charge on any atom is -0.375 e. The molecule has 0 saturated carbocycles. The summed E-state index contributed by atoms with van der Waals surface area (Å²) in [5, 5.41) is 15.0. The molecule has 0 amide bonds. The fourth-order valence-corrected chi connectivity index (χ4v) is 8.32. The number of para-hydroxylation sites is 3. The van der Waals surface area contributed by atoms with Crippen LogP contribution in [0.25, 0.3) is 54.8 Å². The smallest absolute Gasteiger partial charge is 0.333 e. The molecule has 3 heterocycles. The van der Waals surface area contributed by atoms with Crippen LogP contribution in [0.15, 0.2) is 140 Å². The summed E-state index contributed by atoms with van der Waals surface area (Å²) < 4.78 is 2.62. The molecular formula is C42H26BN3. The van der Waals surface area contributed by atoms with Crippen LogP contribution in [-0.2, 0) is 0 Å². The summed E-state index contributed by atoms with van der Waals surface area (Å²) >= 11 is 0. The second-order valence-electron chi connectivity index (χ2n) is 12.4. The molecule has 0 fully saturated rings. The fourth-order valence-electron chi connectivity index (χ4n) is 8.32. The molecule has 212 valence electrons. The first-order chi connectivity index (χ1) is 22.7. The minimum absolute atomic E-state index is 0.00424. The van der Waals surface area contributed by atoms with Gasteiger partial charge in [0, 0.05) is 44.4 Å². The van der Waals surface area contributed by atoms with Crippen LogP contribution < -0.4 is 15.8 Å². The summed E-state index contributed by atoms with van der Waals surface area (Å²) in [7, 11) is 0. The summed E-state index contributed by atoms with van der Waals surface area (Å²) in [6.07, 6.45) is 0. The van der Waals surface area contributed by atoms with Crippen LogP contribution in [0.5, 0.6) is 0 Å². The maximum atomic E-state index is 9.81. The Labute approximate surface area is 267 Å². The zero-order valence-electron chi connectivity index (χ0n) is 25.2. The number of benzene rings is 7. The van der Waals surface area contributed by atoms with Gasteiger partial charge in [-0.2, -0.15) is 5.26 Å². The molecular weight excluding hydrogens is 557 g/mol. The molecule has 0 bridgehead atoms. The van der Waals surface area contributed by atoms with Crippen LogP contribution in [0.4, 0.5) is 17.1 Å². The quantitative estimate of drug-likeness (QED) is 0.190. The van der Waals surface area contributed by atoms with E-state index < -0.39 is 0 Å². The Balaban J connectivity index is 1.42. The van der Waals surface area contributed by atoms with Crippen molar-refractivity contribution in [2.24, 2.45) is 0 Å². The number of hydrogen-bond acceptors (Lipinski definition) is 2. The van der Waals surface area contributed by atoms with E-state index >= 15 is 0 Å². The number of hydrogen-bond donors (Lipinski definition) is 0. The van der Waals surface area contributed by atoms with E-state index in [9.17, 15) is 5.26 Å². The molecule has 0 spiro atoms. The summed E-state index contributed by atoms with van der Waals surface area (Å²) in [6.45, 7) is 2.26. The molecule has 7 aromatic carbocycles. The maximum absolute atomic E-state index is 9.81. The third-order valence-electron chi connectivity index (χ3n) is 10.1. The Kier molecular flexibility index (Phi) is 5.08. The second-order valence-corrected chi connectivity index (χ2v) is 12.4. The van der Waals surface area contributed by atoms with E-state index in [0.29, 0.717) is 5.56 Å². The van der Waals surface area contributed by atoms with Crippen LogP contribution in [0.2, 0.25) is 0 Å². The molecule has 2 aliphatic rings. The molecule has 10 rings (SSSR count). The van der Waals surface area contributed by atoms with Crippen LogP contribution in [0, 0.1) is 18.3 Å². The lowest BCUT2D eigenvalue weighted by molar-refractivity contribution is 1.25. The Bertz CT molecular complexity index is 2630. The van der Waals surface area contributed by atoms with Crippen molar-refractivity contribution in [3.8, 4) is 28.3 Å². The average Bonchev–Trinajstić information content (AvgIpc) is 3.46. The Morgan fingerprint density at radius 2 is 1.43 bits per heavy atom. The predicted molar refractivity (Wildman–Crippen MR) is 192 cm³/mol. The molecule has 0 aliphatic carbocycles. The van der Waals surface area contributed by atoms with Crippen molar-refractivity contribution in [2.45, 2.75) is 6.92 Å². The highest BCUT2D eigenvalue weighted by molar-refractivity contribution is 6.90. The van der Waals surface area contributed by atoms with Gasteiger partial charge in [0.15, 0.2) is 0 Å². The van der Waals surface area contributed by atoms with Gasteiger partial charge in [0.2, 0.25) is 0 Å². The summed E-state index contributed by atoms with van der Waals surface area (Å²) in [6, 6.07) is 52.6. The summed E-state index contributed by atoms with van der Waals surface area (Å²) in [5.74, 6) is 0. The van der Waals surface area contributed by atoms with Crippen molar-refractivity contribution < 1.29 is 0 Å². The normalized spacial score (nSPS) is 12.8. The molecule has 0 N–H and O–H groups in total. The SMILES string of the molecule is Cc1c(-c2cccc(C#N)c2)cc2c3c1-c1cccc4c5c6ccccc6ccc5n(c14)B3c1ccccc1N2c1ccccc1. The van der Waals surface area contributed by atoms with Gasteiger partial charge in [-0.05, 0) is 93.3 Å². The van der Waals surface area contributed by atoms with Crippen molar-refractivity contribution in [3.05, 3.63) is 151 Å². The van der Waals surface area contributed by atoms with Crippen LogP contribution >= 0.6 is 0 Å². The summed E-state index contributed by atoms with van der Waals surface area (Å²) in [5.41, 5.74) is 15.3. The number of nitriles is 1. The van der Waals surface area contributed by atoms with E-state index in [0.717, 1.165) is 16.8 Å². The van der Waals surface area contributed by atoms with E-state index in [4.69, 9.17) is 0 Å². The molecule has 1 aromatic heterocycles. The zero-order chi connectivity index (χ0) is 30.5. The molecule has 46 heavy (non-hydrogen) atoms. The van der Waals surface area contributed by atoms with Crippen molar-refractivity contribution in [3.63, 3.8) is 0 Å². The van der Waals surface area contributed by atoms with Crippen molar-refractivity contribution in [2.75, 3.05) is 4.90 Å². The first-order valence-corrected chi connectivity index (χ1v) is 15.8. The Morgan fingerprint density at radius 1 is 0.652 bits per heavy atom. The third-order valence-corrected chi connectivity index (χ3v) is 10.1. The van der Waals surface area contributed by atoms with Gasteiger partial charge in [0.05, 0.1) is 11.6 Å². The highest BCUT2D eigenvalue weighted by Gasteiger charge is 2.43. The van der Waals surface area contributed by atoms with Gasteiger partial charge in [-0.1, -0.05) is 97.1 Å². The highest BCUT2D eigenvalue weighted by Crippen LogP contribution is 2.48. The van der Waals surface area contributed by atoms with Gasteiger partial charge < -0.3 is 9.38 Å². The van der Waals surface area contributed by atoms with Gasteiger partial charge in [-0.15, -0.1) is 0 Å². The van der Waals surface area contributed by atoms with E-state index in [2.05, 4.69) is 144 Å². The molecule has 2 aliphatic heterocycles. The molecule has 0 radical (unpaired) electrons. The van der Waals surface area contributed by atoms with Crippen LogP contribution in [0.1, 0.15) is 11.1 Å². The standard InChI is InChI=1S/C42H26BN3/c1-26-34(29-13-9-11-27(23-29)25-44)24-38-41-39(26)32-17-10-18-33-40-31-16-6-5-12-28(31)21-22-37(40)46(42(32)33)43(41)35-19-7-8-20-36(35)45(38)30-14-3-2-4-15-30/h2-24H,1H3. The average molecular weight is 584 g/mol. The lowest BCUT2D eigenvalue weighted by Gasteiger charge is -2.41. The Hall–Kier alpha value is -6.05. The highest BCUT2D eigenvalue weighted by atomic mass is 15.2. The van der Waals surface area contributed by atoms with Crippen molar-refractivity contribution in [1.29, 1.82) is 5.26 Å². The van der Waals surface area contributed by atoms with Gasteiger partial charge in [0.1, 0.15) is 0 Å². The number of aromatic nitrogens is 1. The lowest BCUT2D eigenvalue weighted by atomic mass is 9.44. The molecule has 0 saturated heterocycles. The molecule has 8 aromatic rings. The summed E-state index contributed by atoms with van der Waals surface area (Å²) in [4.78, 5) is 2.44. The number of fused-ring (bicyclic) bond motifs is 9. The van der Waals surface area contributed by atoms with Crippen molar-refractivity contribution >= 4 is 67.4 Å². The van der Waals surface area contributed by atoms with Gasteiger partial charge in [-0.25, -0.2) is 0 Å². The molecule has 0 atom stereocenters. The van der Waals surface area contributed by atoms with E-state index in [1.54, 1.807) is 0 Å². The topological polar surface area (TPSA) is 32.0 Å². The first kappa shape index (κ1) is 25.3.